The summed E-state index contributed by atoms with van der Waals surface area (Å²) in [5, 5.41) is 19.7. The van der Waals surface area contributed by atoms with E-state index < -0.39 is 4.92 Å². The number of nitrogens with zero attached hydrogens (tertiary/aromatic N) is 3. The first-order chi connectivity index (χ1) is 13.4. The molecule has 0 fully saturated rings. The Bertz CT molecular complexity index is 933. The lowest BCUT2D eigenvalue weighted by Crippen LogP contribution is -2.29. The third-order valence-electron chi connectivity index (χ3n) is 4.47. The second-order valence-electron chi connectivity index (χ2n) is 6.81. The number of thiophene rings is 1. The zero-order valence-corrected chi connectivity index (χ0v) is 16.6. The first kappa shape index (κ1) is 19.8. The molecule has 2 aromatic heterocycles. The van der Waals surface area contributed by atoms with Gasteiger partial charge in [0.1, 0.15) is 12.4 Å². The number of benzene rings is 1. The summed E-state index contributed by atoms with van der Waals surface area (Å²) in [6.45, 7) is 4.57. The van der Waals surface area contributed by atoms with Gasteiger partial charge in [-0.05, 0) is 28.5 Å². The van der Waals surface area contributed by atoms with Crippen LogP contribution in [-0.2, 0) is 11.3 Å². The maximum absolute atomic E-state index is 12.5. The first-order valence-electron chi connectivity index (χ1n) is 9.03. The highest BCUT2D eigenvalue weighted by molar-refractivity contribution is 7.10. The van der Waals surface area contributed by atoms with Gasteiger partial charge in [-0.3, -0.25) is 19.6 Å². The molecule has 7 nitrogen and oxygen atoms in total. The van der Waals surface area contributed by atoms with Crippen LogP contribution in [0.5, 0.6) is 0 Å². The minimum atomic E-state index is -0.503. The van der Waals surface area contributed by atoms with Gasteiger partial charge in [0.05, 0.1) is 11.0 Å². The molecule has 3 rings (SSSR count). The summed E-state index contributed by atoms with van der Waals surface area (Å²) in [4.78, 5) is 23.8. The van der Waals surface area contributed by atoms with E-state index in [1.165, 1.54) is 22.6 Å². The molecule has 0 saturated heterocycles. The third kappa shape index (κ3) is 4.83. The van der Waals surface area contributed by atoms with E-state index in [1.807, 2.05) is 17.5 Å². The zero-order valence-electron chi connectivity index (χ0n) is 15.7. The van der Waals surface area contributed by atoms with Crippen LogP contribution in [0, 0.1) is 10.1 Å². The van der Waals surface area contributed by atoms with E-state index in [9.17, 15) is 14.9 Å². The van der Waals surface area contributed by atoms with Gasteiger partial charge >= 0.3 is 5.69 Å². The molecular weight excluding hydrogens is 376 g/mol. The molecule has 1 atom stereocenters. The van der Waals surface area contributed by atoms with E-state index in [4.69, 9.17) is 0 Å². The summed E-state index contributed by atoms with van der Waals surface area (Å²) in [6.07, 6.45) is 2.70. The Balaban J connectivity index is 1.69. The van der Waals surface area contributed by atoms with E-state index in [2.05, 4.69) is 48.5 Å². The zero-order chi connectivity index (χ0) is 20.1. The predicted octanol–water partition coefficient (Wildman–Crippen LogP) is 4.27. The maximum atomic E-state index is 12.5. The number of carbonyl (C=O) groups is 1. The number of amides is 1. The molecule has 0 spiro atoms. The van der Waals surface area contributed by atoms with Gasteiger partial charge in [-0.25, -0.2) is 0 Å². The van der Waals surface area contributed by atoms with Gasteiger partial charge in [0.2, 0.25) is 5.91 Å². The fraction of sp³-hybridized carbons (Fsp3) is 0.300. The van der Waals surface area contributed by atoms with E-state index in [0.29, 0.717) is 5.92 Å². The number of rotatable bonds is 8. The van der Waals surface area contributed by atoms with Crippen molar-refractivity contribution in [1.82, 2.24) is 15.1 Å². The maximum Gasteiger partial charge on any atom is 0.306 e. The van der Waals surface area contributed by atoms with Crippen molar-refractivity contribution in [3.05, 3.63) is 80.3 Å². The van der Waals surface area contributed by atoms with E-state index in [1.54, 1.807) is 11.3 Å². The Morgan fingerprint density at radius 2 is 1.96 bits per heavy atom. The van der Waals surface area contributed by atoms with Crippen LogP contribution in [-0.4, -0.2) is 20.6 Å². The summed E-state index contributed by atoms with van der Waals surface area (Å²) >= 11 is 1.59. The minimum absolute atomic E-state index is 0.0814. The molecule has 0 aliphatic heterocycles. The van der Waals surface area contributed by atoms with Crippen molar-refractivity contribution in [2.45, 2.75) is 38.8 Å². The molecule has 1 unspecified atom stereocenters. The Labute approximate surface area is 167 Å². The fourth-order valence-electron chi connectivity index (χ4n) is 2.87. The minimum Gasteiger partial charge on any atom is -0.344 e. The smallest absolute Gasteiger partial charge is 0.306 e. The average Bonchev–Trinajstić information content (AvgIpc) is 3.36. The molecule has 2 heterocycles. The second kappa shape index (κ2) is 8.79. The van der Waals surface area contributed by atoms with E-state index in [-0.39, 0.29) is 30.6 Å². The number of nitro groups is 1. The highest BCUT2D eigenvalue weighted by Crippen LogP contribution is 2.27. The van der Waals surface area contributed by atoms with Crippen LogP contribution in [0.2, 0.25) is 0 Å². The fourth-order valence-corrected chi connectivity index (χ4v) is 3.67. The summed E-state index contributed by atoms with van der Waals surface area (Å²) in [5.74, 6) is 0.312. The molecule has 1 N–H and O–H groups in total. The molecule has 0 aliphatic carbocycles. The van der Waals surface area contributed by atoms with Crippen LogP contribution in [0.1, 0.15) is 48.2 Å². The van der Waals surface area contributed by atoms with Crippen LogP contribution < -0.4 is 5.32 Å². The number of aryl methyl sites for hydroxylation is 1. The summed E-state index contributed by atoms with van der Waals surface area (Å²) in [7, 11) is 0. The molecule has 0 saturated carbocycles. The lowest BCUT2D eigenvalue weighted by Gasteiger charge is -2.19. The highest BCUT2D eigenvalue weighted by Gasteiger charge is 2.18. The van der Waals surface area contributed by atoms with E-state index >= 15 is 0 Å². The van der Waals surface area contributed by atoms with E-state index in [0.717, 1.165) is 10.4 Å². The van der Waals surface area contributed by atoms with Gasteiger partial charge < -0.3 is 5.32 Å². The van der Waals surface area contributed by atoms with Crippen molar-refractivity contribution in [2.75, 3.05) is 0 Å². The van der Waals surface area contributed by atoms with Crippen molar-refractivity contribution in [2.24, 2.45) is 0 Å². The van der Waals surface area contributed by atoms with Gasteiger partial charge in [-0.2, -0.15) is 5.10 Å². The molecule has 0 radical (unpaired) electrons. The highest BCUT2D eigenvalue weighted by atomic mass is 32.1. The molecule has 3 aromatic rings. The van der Waals surface area contributed by atoms with Gasteiger partial charge in [0.15, 0.2) is 0 Å². The first-order valence-corrected chi connectivity index (χ1v) is 9.91. The number of nitrogens with one attached hydrogen (secondary N) is 1. The average molecular weight is 398 g/mol. The lowest BCUT2D eigenvalue weighted by molar-refractivity contribution is -0.385. The van der Waals surface area contributed by atoms with Gasteiger partial charge in [-0.1, -0.05) is 44.2 Å². The predicted molar refractivity (Wildman–Crippen MR) is 108 cm³/mol. The van der Waals surface area contributed by atoms with Gasteiger partial charge in [0.25, 0.3) is 0 Å². The van der Waals surface area contributed by atoms with Crippen LogP contribution in [0.4, 0.5) is 5.69 Å². The standard InChI is InChI=1S/C20H22N4O3S/c1-14(2)15-5-7-16(8-6-15)20(18-4-3-11-28-18)22-19(25)9-10-23-13-17(12-21-23)24(26)27/h3-8,11-14,20H,9-10H2,1-2H3,(H,22,25). The molecule has 1 aromatic carbocycles. The molecule has 28 heavy (non-hydrogen) atoms. The molecule has 1 amide bonds. The van der Waals surface area contributed by atoms with Crippen molar-refractivity contribution >= 4 is 22.9 Å². The van der Waals surface area contributed by atoms with Crippen molar-refractivity contribution in [1.29, 1.82) is 0 Å². The topological polar surface area (TPSA) is 90.1 Å². The molecule has 0 bridgehead atoms. The van der Waals surface area contributed by atoms with Crippen LogP contribution in [0.25, 0.3) is 0 Å². The Morgan fingerprint density at radius 1 is 1.25 bits per heavy atom. The third-order valence-corrected chi connectivity index (χ3v) is 5.41. The second-order valence-corrected chi connectivity index (χ2v) is 7.79. The normalized spacial score (nSPS) is 12.1. The summed E-state index contributed by atoms with van der Waals surface area (Å²) < 4.78 is 1.41. The largest absolute Gasteiger partial charge is 0.344 e. The quantitative estimate of drug-likeness (QED) is 0.453. The number of hydrogen-bond acceptors (Lipinski definition) is 5. The SMILES string of the molecule is CC(C)c1ccc(C(NC(=O)CCn2cc([N+](=O)[O-])cn2)c2cccs2)cc1. The summed E-state index contributed by atoms with van der Waals surface area (Å²) in [6, 6.07) is 12.0. The summed E-state index contributed by atoms with van der Waals surface area (Å²) in [5.41, 5.74) is 2.19. The molecule has 8 heteroatoms. The van der Waals surface area contributed by atoms with Crippen molar-refractivity contribution in [3.8, 4) is 0 Å². The monoisotopic (exact) mass is 398 g/mol. The van der Waals surface area contributed by atoms with Crippen LogP contribution in [0.15, 0.2) is 54.2 Å². The van der Waals surface area contributed by atoms with Crippen LogP contribution >= 0.6 is 11.3 Å². The number of aromatic nitrogens is 2. The Morgan fingerprint density at radius 3 is 2.54 bits per heavy atom. The molecule has 146 valence electrons. The number of carbonyl (C=O) groups excluding carboxylic acids is 1. The molecule has 0 aliphatic rings. The molecular formula is C20H22N4O3S. The Hall–Kier alpha value is -3.00. The van der Waals surface area contributed by atoms with Gasteiger partial charge in [-0.15, -0.1) is 11.3 Å². The van der Waals surface area contributed by atoms with Crippen molar-refractivity contribution < 1.29 is 9.72 Å². The van der Waals surface area contributed by atoms with Gasteiger partial charge in [0, 0.05) is 17.8 Å². The van der Waals surface area contributed by atoms with Crippen LogP contribution in [0.3, 0.4) is 0 Å². The lowest BCUT2D eigenvalue weighted by atomic mass is 9.98. The number of hydrogen-bond donors (Lipinski definition) is 1. The Kier molecular flexibility index (Phi) is 6.20. The van der Waals surface area contributed by atoms with Crippen molar-refractivity contribution in [3.63, 3.8) is 0 Å².